The number of anilines is 3. The summed E-state index contributed by atoms with van der Waals surface area (Å²) in [5.41, 5.74) is 2.52. The highest BCUT2D eigenvalue weighted by molar-refractivity contribution is 6.10. The van der Waals surface area contributed by atoms with Crippen LogP contribution in [0.15, 0.2) is 66.9 Å². The molecule has 0 atom stereocenters. The first-order chi connectivity index (χ1) is 19.9. The molecule has 0 saturated carbocycles. The van der Waals surface area contributed by atoms with E-state index >= 15 is 0 Å². The van der Waals surface area contributed by atoms with Gasteiger partial charge in [-0.1, -0.05) is 30.3 Å². The quantitative estimate of drug-likeness (QED) is 0.216. The molecule has 0 aliphatic rings. The molecule has 2 aromatic carbocycles. The molecule has 212 valence electrons. The standard InChI is InChI=1S/C30H32N6O5/c1-19-14-28(34-20(2)33-19)36-27-16-25(24(17-32-27)29(37)31-3)35-30(38)23-15-22(10-11-26(23)39-4)41-13-12-40-18-21-8-6-5-7-9-21/h5-11,14-17H,12-13,18H2,1-4H3,(H,31,37)(H2,32,33,34,35,36,38). The van der Waals surface area contributed by atoms with Gasteiger partial charge in [-0.2, -0.15) is 0 Å². The first-order valence-corrected chi connectivity index (χ1v) is 12.9. The van der Waals surface area contributed by atoms with Gasteiger partial charge in [0.2, 0.25) is 0 Å². The van der Waals surface area contributed by atoms with E-state index in [0.29, 0.717) is 48.8 Å². The molecule has 4 rings (SSSR count). The molecule has 11 nitrogen and oxygen atoms in total. The van der Waals surface area contributed by atoms with Gasteiger partial charge in [0, 0.05) is 31.1 Å². The number of nitrogens with zero attached hydrogens (tertiary/aromatic N) is 3. The normalized spacial score (nSPS) is 10.5. The van der Waals surface area contributed by atoms with Crippen LogP contribution in [0.2, 0.25) is 0 Å². The number of carbonyl (C=O) groups excluding carboxylic acids is 2. The van der Waals surface area contributed by atoms with Crippen molar-refractivity contribution in [3.8, 4) is 11.5 Å². The van der Waals surface area contributed by atoms with Gasteiger partial charge in [0.05, 0.1) is 37.1 Å². The number of nitrogens with one attached hydrogen (secondary N) is 3. The second-order valence-corrected chi connectivity index (χ2v) is 8.96. The number of pyridine rings is 1. The van der Waals surface area contributed by atoms with Crippen LogP contribution in [0.25, 0.3) is 0 Å². The molecule has 0 fully saturated rings. The van der Waals surface area contributed by atoms with E-state index in [2.05, 4.69) is 30.9 Å². The monoisotopic (exact) mass is 556 g/mol. The van der Waals surface area contributed by atoms with E-state index in [0.717, 1.165) is 11.3 Å². The predicted molar refractivity (Wildman–Crippen MR) is 155 cm³/mol. The largest absolute Gasteiger partial charge is 0.496 e. The minimum atomic E-state index is -0.497. The number of carbonyl (C=O) groups is 2. The molecule has 41 heavy (non-hydrogen) atoms. The highest BCUT2D eigenvalue weighted by atomic mass is 16.5. The van der Waals surface area contributed by atoms with Gasteiger partial charge in [-0.3, -0.25) is 9.59 Å². The summed E-state index contributed by atoms with van der Waals surface area (Å²) in [7, 11) is 2.97. The van der Waals surface area contributed by atoms with Gasteiger partial charge in [0.1, 0.15) is 35.6 Å². The van der Waals surface area contributed by atoms with Gasteiger partial charge in [0.25, 0.3) is 11.8 Å². The van der Waals surface area contributed by atoms with Crippen molar-refractivity contribution in [1.29, 1.82) is 0 Å². The minimum Gasteiger partial charge on any atom is -0.496 e. The summed E-state index contributed by atoms with van der Waals surface area (Å²) in [5, 5.41) is 8.48. The van der Waals surface area contributed by atoms with Crippen molar-refractivity contribution in [3.63, 3.8) is 0 Å². The summed E-state index contributed by atoms with van der Waals surface area (Å²) in [4.78, 5) is 38.9. The summed E-state index contributed by atoms with van der Waals surface area (Å²) in [6.07, 6.45) is 1.38. The SMILES string of the molecule is CNC(=O)c1cnc(Nc2cc(C)nc(C)n2)cc1NC(=O)c1cc(OCCOCc2ccccc2)ccc1OC. The van der Waals surface area contributed by atoms with Crippen molar-refractivity contribution >= 4 is 29.1 Å². The molecule has 0 bridgehead atoms. The Bertz CT molecular complexity index is 1490. The highest BCUT2D eigenvalue weighted by Gasteiger charge is 2.19. The van der Waals surface area contributed by atoms with E-state index in [9.17, 15) is 9.59 Å². The fraction of sp³-hybridized carbons (Fsp3) is 0.233. The number of aromatic nitrogens is 3. The fourth-order valence-corrected chi connectivity index (χ4v) is 3.98. The van der Waals surface area contributed by atoms with Crippen molar-refractivity contribution < 1.29 is 23.8 Å². The van der Waals surface area contributed by atoms with Gasteiger partial charge >= 0.3 is 0 Å². The molecule has 2 aromatic heterocycles. The molecule has 2 heterocycles. The van der Waals surface area contributed by atoms with Crippen LogP contribution in [-0.2, 0) is 11.3 Å². The average molecular weight is 557 g/mol. The first-order valence-electron chi connectivity index (χ1n) is 12.9. The Hall–Kier alpha value is -5.03. The zero-order valence-electron chi connectivity index (χ0n) is 23.4. The van der Waals surface area contributed by atoms with Crippen molar-refractivity contribution in [1.82, 2.24) is 20.3 Å². The summed E-state index contributed by atoms with van der Waals surface area (Å²) in [5.74, 6) is 1.42. The molecule has 4 aromatic rings. The Morgan fingerprint density at radius 2 is 1.68 bits per heavy atom. The summed E-state index contributed by atoms with van der Waals surface area (Å²) < 4.78 is 16.9. The summed E-state index contributed by atoms with van der Waals surface area (Å²) >= 11 is 0. The smallest absolute Gasteiger partial charge is 0.259 e. The molecule has 0 aliphatic carbocycles. The lowest BCUT2D eigenvalue weighted by atomic mass is 10.1. The van der Waals surface area contributed by atoms with Crippen LogP contribution >= 0.6 is 0 Å². The number of hydrogen-bond donors (Lipinski definition) is 3. The zero-order chi connectivity index (χ0) is 29.2. The zero-order valence-corrected chi connectivity index (χ0v) is 23.4. The summed E-state index contributed by atoms with van der Waals surface area (Å²) in [6, 6.07) is 18.1. The van der Waals surface area contributed by atoms with Crippen molar-refractivity contribution in [3.05, 3.63) is 95.1 Å². The lowest BCUT2D eigenvalue weighted by molar-refractivity contribution is 0.0888. The van der Waals surface area contributed by atoms with Crippen LogP contribution in [0, 0.1) is 13.8 Å². The molecule has 0 unspecified atom stereocenters. The number of aryl methyl sites for hydroxylation is 2. The van der Waals surface area contributed by atoms with E-state index < -0.39 is 11.8 Å². The number of benzene rings is 2. The lowest BCUT2D eigenvalue weighted by Gasteiger charge is -2.15. The fourth-order valence-electron chi connectivity index (χ4n) is 3.98. The maximum atomic E-state index is 13.4. The third kappa shape index (κ3) is 7.99. The van der Waals surface area contributed by atoms with E-state index in [4.69, 9.17) is 14.2 Å². The molecule has 0 spiro atoms. The van der Waals surface area contributed by atoms with Gasteiger partial charge in [-0.15, -0.1) is 0 Å². The Balaban J connectivity index is 1.48. The van der Waals surface area contributed by atoms with Crippen LogP contribution in [0.5, 0.6) is 11.5 Å². The highest BCUT2D eigenvalue weighted by Crippen LogP contribution is 2.27. The third-order valence-corrected chi connectivity index (χ3v) is 5.87. The van der Waals surface area contributed by atoms with Gasteiger partial charge in [0.15, 0.2) is 0 Å². The van der Waals surface area contributed by atoms with Crippen molar-refractivity contribution in [2.45, 2.75) is 20.5 Å². The molecule has 2 amide bonds. The van der Waals surface area contributed by atoms with Gasteiger partial charge in [-0.05, 0) is 37.6 Å². The predicted octanol–water partition coefficient (Wildman–Crippen LogP) is 4.45. The number of hydrogen-bond acceptors (Lipinski definition) is 9. The second kappa shape index (κ2) is 13.9. The molecule has 3 N–H and O–H groups in total. The van der Waals surface area contributed by atoms with Crippen molar-refractivity contribution in [2.75, 3.05) is 38.0 Å². The first kappa shape index (κ1) is 29.0. The molecule has 11 heteroatoms. The molecular formula is C30H32N6O5. The second-order valence-electron chi connectivity index (χ2n) is 8.96. The van der Waals surface area contributed by atoms with Crippen molar-refractivity contribution in [2.24, 2.45) is 0 Å². The molecule has 0 saturated heterocycles. The average Bonchev–Trinajstić information content (AvgIpc) is 2.96. The Labute approximate surface area is 238 Å². The van der Waals surface area contributed by atoms with Crippen LogP contribution in [0.4, 0.5) is 17.3 Å². The van der Waals surface area contributed by atoms with E-state index in [1.807, 2.05) is 37.3 Å². The van der Waals surface area contributed by atoms with Crippen LogP contribution in [-0.4, -0.2) is 54.1 Å². The van der Waals surface area contributed by atoms with Crippen LogP contribution < -0.4 is 25.4 Å². The van der Waals surface area contributed by atoms with Gasteiger partial charge < -0.3 is 30.2 Å². The maximum absolute atomic E-state index is 13.4. The van der Waals surface area contributed by atoms with Crippen LogP contribution in [0.3, 0.4) is 0 Å². The van der Waals surface area contributed by atoms with Crippen LogP contribution in [0.1, 0.15) is 37.8 Å². The van der Waals surface area contributed by atoms with Gasteiger partial charge in [-0.25, -0.2) is 15.0 Å². The minimum absolute atomic E-state index is 0.184. The Morgan fingerprint density at radius 1 is 0.878 bits per heavy atom. The van der Waals surface area contributed by atoms with E-state index in [-0.39, 0.29) is 16.8 Å². The molecule has 0 aliphatic heterocycles. The summed E-state index contributed by atoms with van der Waals surface area (Å²) in [6.45, 7) is 4.79. The molecular weight excluding hydrogens is 524 g/mol. The lowest BCUT2D eigenvalue weighted by Crippen LogP contribution is -2.22. The Kier molecular flexibility index (Phi) is 9.79. The Morgan fingerprint density at radius 3 is 2.41 bits per heavy atom. The van der Waals surface area contributed by atoms with E-state index in [1.54, 1.807) is 37.3 Å². The number of amides is 2. The number of ether oxygens (including phenoxy) is 3. The van der Waals surface area contributed by atoms with E-state index in [1.165, 1.54) is 20.4 Å². The topological polar surface area (TPSA) is 137 Å². The number of methoxy groups -OCH3 is 1. The third-order valence-electron chi connectivity index (χ3n) is 5.87. The number of rotatable bonds is 12. The maximum Gasteiger partial charge on any atom is 0.259 e. The molecule has 0 radical (unpaired) electrons.